The maximum atomic E-state index is 5.90. The minimum atomic E-state index is -1.31. The van der Waals surface area contributed by atoms with E-state index in [-0.39, 0.29) is 0 Å². The Morgan fingerprint density at radius 1 is 0.800 bits per heavy atom. The fourth-order valence-corrected chi connectivity index (χ4v) is 8.88. The normalized spacial score (nSPS) is 11.8. The molecule has 0 spiro atoms. The van der Waals surface area contributed by atoms with Crippen LogP contribution in [0.5, 0.6) is 0 Å². The molecule has 0 amide bonds. The molecule has 1 aromatic carbocycles. The van der Waals surface area contributed by atoms with E-state index in [1.165, 1.54) is 56.7 Å². The van der Waals surface area contributed by atoms with Crippen LogP contribution in [0.25, 0.3) is 0 Å². The molecule has 1 rings (SSSR count). The quantitative estimate of drug-likeness (QED) is 0.269. The topological polar surface area (TPSA) is 0 Å². The number of halogens is 1. The molecule has 0 atom stereocenters. The van der Waals surface area contributed by atoms with Gasteiger partial charge < -0.3 is 0 Å². The molecule has 0 fully saturated rings. The van der Waals surface area contributed by atoms with Crippen molar-refractivity contribution in [3.05, 3.63) is 30.3 Å². The van der Waals surface area contributed by atoms with Gasteiger partial charge in [0, 0.05) is 5.88 Å². The minimum absolute atomic E-state index is 0.820. The number of alkyl halides is 1. The fraction of sp³-hybridized carbons (Fsp3) is 0.667. The average Bonchev–Trinajstić information content (AvgIpc) is 2.51. The summed E-state index contributed by atoms with van der Waals surface area (Å²) in [6, 6.07) is 15.8. The van der Waals surface area contributed by atoms with Crippen molar-refractivity contribution < 1.29 is 0 Å². The summed E-state index contributed by atoms with van der Waals surface area (Å²) in [5.41, 5.74) is 0. The largest absolute Gasteiger partial charge is 0.127 e. The first-order chi connectivity index (χ1) is 9.79. The highest BCUT2D eigenvalue weighted by Gasteiger charge is 2.32. The van der Waals surface area contributed by atoms with E-state index < -0.39 is 8.07 Å². The molecule has 0 unspecified atom stereocenters. The Labute approximate surface area is 131 Å². The van der Waals surface area contributed by atoms with Crippen molar-refractivity contribution in [3.63, 3.8) is 0 Å². The second-order valence-electron chi connectivity index (χ2n) is 6.00. The van der Waals surface area contributed by atoms with E-state index in [2.05, 4.69) is 44.2 Å². The molecule has 0 saturated heterocycles. The first-order valence-corrected chi connectivity index (χ1v) is 11.6. The highest BCUT2D eigenvalue weighted by molar-refractivity contribution is 6.91. The number of unbranched alkanes of at least 4 members (excludes halogenated alkanes) is 3. The Balaban J connectivity index is 2.90. The number of hydrogen-bond donors (Lipinski definition) is 0. The van der Waals surface area contributed by atoms with Gasteiger partial charge in [-0.05, 0) is 6.42 Å². The van der Waals surface area contributed by atoms with Crippen LogP contribution in [0, 0.1) is 0 Å². The van der Waals surface area contributed by atoms with Gasteiger partial charge in [-0.25, -0.2) is 0 Å². The maximum Gasteiger partial charge on any atom is 0.0867 e. The maximum absolute atomic E-state index is 5.90. The van der Waals surface area contributed by atoms with Gasteiger partial charge >= 0.3 is 0 Å². The van der Waals surface area contributed by atoms with E-state index in [0.29, 0.717) is 0 Å². The molecule has 0 saturated carbocycles. The number of hydrogen-bond acceptors (Lipinski definition) is 0. The van der Waals surface area contributed by atoms with E-state index in [9.17, 15) is 0 Å². The standard InChI is InChI=1S/C18H31ClSi/c1-3-5-15-20(16-6-4-2,17-11-10-14-19)18-12-8-7-9-13-18/h7-9,12-13H,3-6,10-11,14-17H2,1-2H3. The van der Waals surface area contributed by atoms with E-state index in [1.54, 1.807) is 5.19 Å². The second kappa shape index (κ2) is 10.5. The highest BCUT2D eigenvalue weighted by Crippen LogP contribution is 2.28. The van der Waals surface area contributed by atoms with Gasteiger partial charge in [0.05, 0.1) is 8.07 Å². The van der Waals surface area contributed by atoms with Gasteiger partial charge in [-0.1, -0.05) is 99.6 Å². The fourth-order valence-electron chi connectivity index (χ4n) is 3.19. The van der Waals surface area contributed by atoms with E-state index in [4.69, 9.17) is 11.6 Å². The van der Waals surface area contributed by atoms with Crippen LogP contribution < -0.4 is 5.19 Å². The third kappa shape index (κ3) is 5.61. The SMILES string of the molecule is CCCC[Si](CCCC)(CCCCCl)c1ccccc1. The molecule has 0 heterocycles. The van der Waals surface area contributed by atoms with Crippen LogP contribution >= 0.6 is 11.6 Å². The summed E-state index contributed by atoms with van der Waals surface area (Å²) >= 11 is 5.90. The van der Waals surface area contributed by atoms with Gasteiger partial charge in [0.15, 0.2) is 0 Å². The zero-order chi connectivity index (χ0) is 14.7. The average molecular weight is 311 g/mol. The molecule has 1 aromatic rings. The summed E-state index contributed by atoms with van der Waals surface area (Å²) in [5, 5.41) is 1.69. The van der Waals surface area contributed by atoms with Crippen LogP contribution in [0.3, 0.4) is 0 Å². The lowest BCUT2D eigenvalue weighted by atomic mass is 10.3. The Morgan fingerprint density at radius 2 is 1.35 bits per heavy atom. The summed E-state index contributed by atoms with van der Waals surface area (Å²) in [4.78, 5) is 0. The van der Waals surface area contributed by atoms with Gasteiger partial charge in [-0.15, -0.1) is 11.6 Å². The zero-order valence-corrected chi connectivity index (χ0v) is 15.1. The minimum Gasteiger partial charge on any atom is -0.127 e. The molecule has 0 aliphatic carbocycles. The van der Waals surface area contributed by atoms with E-state index >= 15 is 0 Å². The molecule has 0 aromatic heterocycles. The van der Waals surface area contributed by atoms with Gasteiger partial charge in [-0.3, -0.25) is 0 Å². The smallest absolute Gasteiger partial charge is 0.0867 e. The van der Waals surface area contributed by atoms with Gasteiger partial charge in [0.1, 0.15) is 0 Å². The Morgan fingerprint density at radius 3 is 1.85 bits per heavy atom. The van der Waals surface area contributed by atoms with Crippen molar-refractivity contribution in [1.82, 2.24) is 0 Å². The van der Waals surface area contributed by atoms with Gasteiger partial charge in [0.25, 0.3) is 0 Å². The molecule has 0 aliphatic rings. The highest BCUT2D eigenvalue weighted by atomic mass is 35.5. The van der Waals surface area contributed by atoms with Crippen molar-refractivity contribution in [3.8, 4) is 0 Å². The van der Waals surface area contributed by atoms with Crippen LogP contribution in [0.1, 0.15) is 52.4 Å². The summed E-state index contributed by atoms with van der Waals surface area (Å²) < 4.78 is 0. The third-order valence-electron chi connectivity index (χ3n) is 4.44. The molecule has 0 nitrogen and oxygen atoms in total. The van der Waals surface area contributed by atoms with Gasteiger partial charge in [0.2, 0.25) is 0 Å². The summed E-state index contributed by atoms with van der Waals surface area (Å²) in [5.74, 6) is 0.820. The molecular weight excluding hydrogens is 280 g/mol. The Bertz CT molecular complexity index is 329. The number of rotatable bonds is 11. The lowest BCUT2D eigenvalue weighted by molar-refractivity contribution is 0.802. The third-order valence-corrected chi connectivity index (χ3v) is 10.2. The van der Waals surface area contributed by atoms with Crippen LogP contribution in [-0.4, -0.2) is 14.0 Å². The van der Waals surface area contributed by atoms with Crippen molar-refractivity contribution in [2.24, 2.45) is 0 Å². The Kier molecular flexibility index (Phi) is 9.29. The molecule has 20 heavy (non-hydrogen) atoms. The van der Waals surface area contributed by atoms with E-state index in [1.807, 2.05) is 0 Å². The molecular formula is C18H31ClSi. The predicted octanol–water partition coefficient (Wildman–Crippen LogP) is 5.96. The molecule has 114 valence electrons. The zero-order valence-electron chi connectivity index (χ0n) is 13.3. The Hall–Kier alpha value is -0.273. The van der Waals surface area contributed by atoms with Crippen molar-refractivity contribution >= 4 is 24.9 Å². The summed E-state index contributed by atoms with van der Waals surface area (Å²) in [7, 11) is -1.31. The van der Waals surface area contributed by atoms with Crippen LogP contribution in [0.15, 0.2) is 30.3 Å². The van der Waals surface area contributed by atoms with Crippen molar-refractivity contribution in [2.45, 2.75) is 70.5 Å². The van der Waals surface area contributed by atoms with Gasteiger partial charge in [-0.2, -0.15) is 0 Å². The molecule has 0 bridgehead atoms. The summed E-state index contributed by atoms with van der Waals surface area (Å²) in [6.07, 6.45) is 7.93. The van der Waals surface area contributed by atoms with Crippen molar-refractivity contribution in [1.29, 1.82) is 0 Å². The van der Waals surface area contributed by atoms with Crippen LogP contribution in [0.2, 0.25) is 18.1 Å². The molecule has 0 N–H and O–H groups in total. The first kappa shape index (κ1) is 17.8. The van der Waals surface area contributed by atoms with E-state index in [0.717, 1.165) is 5.88 Å². The lowest BCUT2D eigenvalue weighted by Crippen LogP contribution is -2.47. The predicted molar refractivity (Wildman–Crippen MR) is 96.0 cm³/mol. The molecule has 0 radical (unpaired) electrons. The first-order valence-electron chi connectivity index (χ1n) is 8.40. The lowest BCUT2D eigenvalue weighted by Gasteiger charge is -2.33. The van der Waals surface area contributed by atoms with Crippen LogP contribution in [0.4, 0.5) is 0 Å². The summed E-state index contributed by atoms with van der Waals surface area (Å²) in [6.45, 7) is 4.64. The van der Waals surface area contributed by atoms with Crippen molar-refractivity contribution in [2.75, 3.05) is 5.88 Å². The molecule has 2 heteroatoms. The second-order valence-corrected chi connectivity index (χ2v) is 11.0. The molecule has 0 aliphatic heterocycles. The number of benzene rings is 1. The monoisotopic (exact) mass is 310 g/mol. The van der Waals surface area contributed by atoms with Crippen LogP contribution in [-0.2, 0) is 0 Å².